The number of carbonyl (C=O) groups excluding carboxylic acids is 1. The second-order valence-corrected chi connectivity index (χ2v) is 2.00. The number of hydrogen-bond donors (Lipinski definition) is 4. The molecule has 0 aliphatic rings. The van der Waals surface area contributed by atoms with Crippen molar-refractivity contribution in [1.82, 2.24) is 5.32 Å². The molecule has 0 aromatic carbocycles. The maximum Gasteiger partial charge on any atom is 0.326 e. The number of aliphatic carboxylic acids is 2. The van der Waals surface area contributed by atoms with Crippen LogP contribution in [0.3, 0.4) is 0 Å². The van der Waals surface area contributed by atoms with Crippen LogP contribution in [0.5, 0.6) is 0 Å². The van der Waals surface area contributed by atoms with E-state index in [1.165, 1.54) is 0 Å². The summed E-state index contributed by atoms with van der Waals surface area (Å²) in [5.41, 5.74) is 4.60. The number of carboxylic acids is 2. The van der Waals surface area contributed by atoms with Crippen molar-refractivity contribution in [3.8, 4) is 0 Å². The minimum Gasteiger partial charge on any atom is -0.481 e. The van der Waals surface area contributed by atoms with Gasteiger partial charge in [-0.3, -0.25) is 4.79 Å². The smallest absolute Gasteiger partial charge is 0.326 e. The number of carboxylic acid groups (broad SMARTS) is 2. The number of rotatable bonds is 4. The molecule has 0 spiro atoms. The Morgan fingerprint density at radius 2 is 1.77 bits per heavy atom. The van der Waals surface area contributed by atoms with Crippen LogP contribution in [-0.4, -0.2) is 34.2 Å². The zero-order chi connectivity index (χ0) is 9.72. The molecule has 0 radical (unpaired) electrons. The molecule has 0 aromatic rings. The van der Waals surface area contributed by atoms with Crippen molar-refractivity contribution in [3.63, 3.8) is 0 Å². The molecule has 0 heterocycles. The van der Waals surface area contributed by atoms with Gasteiger partial charge in [-0.05, 0) is 0 Å². The fourth-order valence-electron chi connectivity index (χ4n) is 0.546. The van der Waals surface area contributed by atoms with Crippen molar-refractivity contribution in [3.05, 3.63) is 0 Å². The van der Waals surface area contributed by atoms with E-state index in [1.807, 2.05) is 0 Å². The topological polar surface area (TPSA) is 130 Å². The van der Waals surface area contributed by atoms with Gasteiger partial charge in [0.15, 0.2) is 0 Å². The number of hydrogen-bond acceptors (Lipinski definition) is 3. The molecule has 0 unspecified atom stereocenters. The summed E-state index contributed by atoms with van der Waals surface area (Å²) in [7, 11) is 0. The molecule has 0 rings (SSSR count). The van der Waals surface area contributed by atoms with Gasteiger partial charge in [-0.25, -0.2) is 9.59 Å². The number of urea groups is 1. The maximum absolute atomic E-state index is 10.2. The molecular weight excluding hydrogens is 233 g/mol. The number of nitrogens with one attached hydrogen (secondary N) is 1. The normalized spacial score (nSPS) is 10.8. The fourth-order valence-corrected chi connectivity index (χ4v) is 0.546. The van der Waals surface area contributed by atoms with E-state index in [4.69, 9.17) is 10.2 Å². The first kappa shape index (κ1) is 14.4. The van der Waals surface area contributed by atoms with Crippen molar-refractivity contribution in [2.45, 2.75) is 12.5 Å². The van der Waals surface area contributed by atoms with E-state index in [1.54, 1.807) is 5.32 Å². The Morgan fingerprint density at radius 1 is 1.31 bits per heavy atom. The third kappa shape index (κ3) is 7.20. The fraction of sp³-hybridized carbons (Fsp3) is 0.400. The standard InChI is InChI=1S/C5H8N2O5.Zn/c6-5(12)7-2(4(10)11)1-3(8)9;/h2H,1H2,(H,8,9)(H,10,11)(H3,6,7,12);/t2-;/m1./s1. The van der Waals surface area contributed by atoms with Gasteiger partial charge in [0.2, 0.25) is 0 Å². The van der Waals surface area contributed by atoms with Crippen molar-refractivity contribution >= 4 is 18.0 Å². The summed E-state index contributed by atoms with van der Waals surface area (Å²) in [6, 6.07) is -2.54. The predicted octanol–water partition coefficient (Wildman–Crippen LogP) is -1.42. The molecule has 0 aliphatic heterocycles. The Kier molecular flexibility index (Phi) is 7.03. The average Bonchev–Trinajstić information content (AvgIpc) is 1.83. The minimum absolute atomic E-state index is 0. The van der Waals surface area contributed by atoms with Crippen LogP contribution in [0.15, 0.2) is 0 Å². The van der Waals surface area contributed by atoms with Crippen molar-refractivity contribution in [2.75, 3.05) is 0 Å². The molecule has 0 bridgehead atoms. The van der Waals surface area contributed by atoms with Gasteiger partial charge in [0.1, 0.15) is 6.04 Å². The summed E-state index contributed by atoms with van der Waals surface area (Å²) >= 11 is 0. The van der Waals surface area contributed by atoms with Gasteiger partial charge >= 0.3 is 18.0 Å². The third-order valence-corrected chi connectivity index (χ3v) is 0.993. The molecule has 70 valence electrons. The van der Waals surface area contributed by atoms with Crippen molar-refractivity contribution < 1.29 is 44.1 Å². The Morgan fingerprint density at radius 3 is 2.00 bits per heavy atom. The van der Waals surface area contributed by atoms with E-state index in [9.17, 15) is 14.4 Å². The molecular formula is C5H8N2O5Zn. The number of carbonyl (C=O) groups is 3. The van der Waals surface area contributed by atoms with Crippen LogP contribution in [0.25, 0.3) is 0 Å². The van der Waals surface area contributed by atoms with E-state index in [0.717, 1.165) is 0 Å². The van der Waals surface area contributed by atoms with Crippen LogP contribution >= 0.6 is 0 Å². The molecule has 8 heteroatoms. The quantitative estimate of drug-likeness (QED) is 0.449. The van der Waals surface area contributed by atoms with Gasteiger partial charge in [0.25, 0.3) is 0 Å². The van der Waals surface area contributed by atoms with Gasteiger partial charge in [-0.15, -0.1) is 0 Å². The number of primary amides is 1. The summed E-state index contributed by atoms with van der Waals surface area (Å²) in [5.74, 6) is -2.76. The second-order valence-electron chi connectivity index (χ2n) is 2.00. The second kappa shape index (κ2) is 6.36. The Labute approximate surface area is 86.0 Å². The summed E-state index contributed by atoms with van der Waals surface area (Å²) < 4.78 is 0. The molecule has 0 aromatic heterocycles. The Hall–Kier alpha value is -1.17. The van der Waals surface area contributed by atoms with Crippen LogP contribution in [-0.2, 0) is 29.1 Å². The molecule has 0 saturated heterocycles. The molecule has 2 amide bonds. The van der Waals surface area contributed by atoms with E-state index in [0.29, 0.717) is 0 Å². The molecule has 0 aliphatic carbocycles. The van der Waals surface area contributed by atoms with Crippen LogP contribution in [0, 0.1) is 0 Å². The maximum atomic E-state index is 10.2. The number of nitrogens with two attached hydrogens (primary N) is 1. The van der Waals surface area contributed by atoms with Crippen LogP contribution in [0.1, 0.15) is 6.42 Å². The predicted molar refractivity (Wildman–Crippen MR) is 36.4 cm³/mol. The third-order valence-electron chi connectivity index (χ3n) is 0.993. The van der Waals surface area contributed by atoms with E-state index < -0.39 is 30.4 Å². The average molecular weight is 242 g/mol. The van der Waals surface area contributed by atoms with Gasteiger partial charge in [0, 0.05) is 19.5 Å². The van der Waals surface area contributed by atoms with E-state index in [2.05, 4.69) is 5.73 Å². The molecule has 0 saturated carbocycles. The molecule has 0 fully saturated rings. The van der Waals surface area contributed by atoms with Gasteiger partial charge in [0.05, 0.1) is 6.42 Å². The summed E-state index contributed by atoms with van der Waals surface area (Å²) in [4.78, 5) is 30.4. The molecule has 1 atom stereocenters. The summed E-state index contributed by atoms with van der Waals surface area (Å²) in [5, 5.41) is 18.3. The van der Waals surface area contributed by atoms with Gasteiger partial charge in [-0.1, -0.05) is 0 Å². The SMILES string of the molecule is NC(=O)N[C@H](CC(=O)O)C(=O)O.[Zn]. The molecule has 13 heavy (non-hydrogen) atoms. The first-order chi connectivity index (χ1) is 5.43. The Bertz CT molecular complexity index is 203. The van der Waals surface area contributed by atoms with Gasteiger partial charge < -0.3 is 21.3 Å². The first-order valence-corrected chi connectivity index (χ1v) is 2.94. The number of amides is 2. The van der Waals surface area contributed by atoms with Crippen molar-refractivity contribution in [1.29, 1.82) is 0 Å². The largest absolute Gasteiger partial charge is 0.481 e. The van der Waals surface area contributed by atoms with Crippen LogP contribution in [0.2, 0.25) is 0 Å². The molecule has 7 nitrogen and oxygen atoms in total. The minimum atomic E-state index is -1.47. The first-order valence-electron chi connectivity index (χ1n) is 2.94. The summed E-state index contributed by atoms with van der Waals surface area (Å²) in [6.07, 6.45) is -0.696. The zero-order valence-corrected chi connectivity index (χ0v) is 9.66. The van der Waals surface area contributed by atoms with Crippen LogP contribution < -0.4 is 11.1 Å². The zero-order valence-electron chi connectivity index (χ0n) is 6.69. The molecule has 5 N–H and O–H groups in total. The Balaban J connectivity index is 0. The van der Waals surface area contributed by atoms with Crippen LogP contribution in [0.4, 0.5) is 4.79 Å². The van der Waals surface area contributed by atoms with Crippen molar-refractivity contribution in [2.24, 2.45) is 5.73 Å². The van der Waals surface area contributed by atoms with E-state index in [-0.39, 0.29) is 19.5 Å². The summed E-state index contributed by atoms with van der Waals surface area (Å²) in [6.45, 7) is 0. The van der Waals surface area contributed by atoms with Gasteiger partial charge in [-0.2, -0.15) is 0 Å². The van der Waals surface area contributed by atoms with E-state index >= 15 is 0 Å². The monoisotopic (exact) mass is 240 g/mol.